The van der Waals surface area contributed by atoms with Gasteiger partial charge in [0.15, 0.2) is 11.5 Å². The average molecular weight is 382 g/mol. The molecule has 0 radical (unpaired) electrons. The summed E-state index contributed by atoms with van der Waals surface area (Å²) in [6.45, 7) is 1.52. The Kier molecular flexibility index (Phi) is 5.44. The third kappa shape index (κ3) is 3.58. The molecule has 2 aromatic carbocycles. The summed E-state index contributed by atoms with van der Waals surface area (Å²) in [6.07, 6.45) is -0.700. The largest absolute Gasteiger partial charge is 0.493 e. The molecule has 1 heterocycles. The lowest BCUT2D eigenvalue weighted by atomic mass is 9.83. The van der Waals surface area contributed by atoms with Gasteiger partial charge in [0.1, 0.15) is 0 Å². The maximum atomic E-state index is 11.0. The molecule has 2 unspecified atom stereocenters. The summed E-state index contributed by atoms with van der Waals surface area (Å²) in [7, 11) is 5.27. The van der Waals surface area contributed by atoms with Crippen molar-refractivity contribution in [2.24, 2.45) is 0 Å². The summed E-state index contributed by atoms with van der Waals surface area (Å²) in [4.78, 5) is 2.18. The molecule has 1 aliphatic heterocycles. The first kappa shape index (κ1) is 18.3. The van der Waals surface area contributed by atoms with Gasteiger partial charge in [0.05, 0.1) is 30.4 Å². The molecule has 0 fully saturated rings. The van der Waals surface area contributed by atoms with E-state index < -0.39 is 6.10 Å². The monoisotopic (exact) mass is 381 g/mol. The number of rotatable bonds is 4. The highest BCUT2D eigenvalue weighted by Gasteiger charge is 2.31. The lowest BCUT2D eigenvalue weighted by molar-refractivity contribution is 0.113. The van der Waals surface area contributed by atoms with Gasteiger partial charge in [-0.25, -0.2) is 0 Å². The molecule has 6 heteroatoms. The number of hydrogen-bond acceptors (Lipinski definition) is 4. The van der Waals surface area contributed by atoms with Crippen LogP contribution in [-0.4, -0.2) is 37.8 Å². The third-order valence-electron chi connectivity index (χ3n) is 4.66. The van der Waals surface area contributed by atoms with Gasteiger partial charge in [-0.05, 0) is 48.0 Å². The molecule has 0 amide bonds. The highest BCUT2D eigenvalue weighted by atomic mass is 35.5. The van der Waals surface area contributed by atoms with Crippen LogP contribution in [0.2, 0.25) is 10.0 Å². The minimum Gasteiger partial charge on any atom is -0.493 e. The number of nitrogens with zero attached hydrogens (tertiary/aromatic N) is 1. The summed E-state index contributed by atoms with van der Waals surface area (Å²) in [6, 6.07) is 9.20. The maximum Gasteiger partial charge on any atom is 0.161 e. The number of fused-ring (bicyclic) bond motifs is 1. The van der Waals surface area contributed by atoms with Crippen molar-refractivity contribution in [2.45, 2.75) is 18.6 Å². The van der Waals surface area contributed by atoms with E-state index in [9.17, 15) is 5.11 Å². The van der Waals surface area contributed by atoms with Crippen LogP contribution in [0.25, 0.3) is 0 Å². The maximum absolute atomic E-state index is 11.0. The van der Waals surface area contributed by atoms with Crippen LogP contribution in [0.3, 0.4) is 0 Å². The molecule has 2 atom stereocenters. The molecular weight excluding hydrogens is 361 g/mol. The molecule has 3 rings (SSSR count). The lowest BCUT2D eigenvalue weighted by Gasteiger charge is -2.35. The molecule has 0 aromatic heterocycles. The highest BCUT2D eigenvalue weighted by Crippen LogP contribution is 2.42. The molecule has 2 aromatic rings. The van der Waals surface area contributed by atoms with E-state index in [0.717, 1.165) is 29.8 Å². The number of halogens is 2. The molecule has 0 spiro atoms. The Morgan fingerprint density at radius 2 is 1.76 bits per heavy atom. The highest BCUT2D eigenvalue weighted by molar-refractivity contribution is 6.42. The predicted octanol–water partition coefficient (Wildman–Crippen LogP) is 4.27. The van der Waals surface area contributed by atoms with E-state index in [1.807, 2.05) is 25.2 Å². The number of aliphatic hydroxyl groups excluding tert-OH is 1. The van der Waals surface area contributed by atoms with Crippen molar-refractivity contribution in [1.29, 1.82) is 0 Å². The number of aliphatic hydroxyl groups is 1. The van der Waals surface area contributed by atoms with Gasteiger partial charge in [0, 0.05) is 19.0 Å². The van der Waals surface area contributed by atoms with Crippen molar-refractivity contribution in [2.75, 3.05) is 27.8 Å². The average Bonchev–Trinajstić information content (AvgIpc) is 2.61. The Labute approximate surface area is 157 Å². The van der Waals surface area contributed by atoms with Gasteiger partial charge in [-0.3, -0.25) is 0 Å². The summed E-state index contributed by atoms with van der Waals surface area (Å²) in [5.41, 5.74) is 2.93. The first-order valence-corrected chi connectivity index (χ1v) is 8.76. The normalized spacial score (nSPS) is 18.6. The van der Waals surface area contributed by atoms with Gasteiger partial charge in [-0.2, -0.15) is 0 Å². The van der Waals surface area contributed by atoms with E-state index in [0.29, 0.717) is 21.5 Å². The van der Waals surface area contributed by atoms with E-state index in [1.165, 1.54) is 0 Å². The Balaban J connectivity index is 2.04. The molecule has 0 saturated heterocycles. The minimum atomic E-state index is -0.700. The summed E-state index contributed by atoms with van der Waals surface area (Å²) >= 11 is 12.1. The van der Waals surface area contributed by atoms with Gasteiger partial charge in [0.2, 0.25) is 0 Å². The van der Waals surface area contributed by atoms with E-state index in [-0.39, 0.29) is 5.92 Å². The van der Waals surface area contributed by atoms with Crippen molar-refractivity contribution in [3.8, 4) is 11.5 Å². The number of hydrogen-bond donors (Lipinski definition) is 1. The summed E-state index contributed by atoms with van der Waals surface area (Å²) in [5.74, 6) is 1.25. The zero-order valence-corrected chi connectivity index (χ0v) is 15.9. The van der Waals surface area contributed by atoms with E-state index in [2.05, 4.69) is 4.90 Å². The van der Waals surface area contributed by atoms with E-state index >= 15 is 0 Å². The van der Waals surface area contributed by atoms with Crippen molar-refractivity contribution in [1.82, 2.24) is 4.90 Å². The molecular formula is C19H21Cl2NO3. The standard InChI is InChI=1S/C19H21Cl2NO3/c1-22-9-12-7-17(24-2)18(25-3)8-13(12)14(10-22)19(23)11-4-5-15(20)16(21)6-11/h4-8,14,19,23H,9-10H2,1-3H3. The summed E-state index contributed by atoms with van der Waals surface area (Å²) < 4.78 is 10.8. The fraction of sp³-hybridized carbons (Fsp3) is 0.368. The van der Waals surface area contributed by atoms with Crippen LogP contribution < -0.4 is 9.47 Å². The van der Waals surface area contributed by atoms with Crippen molar-refractivity contribution < 1.29 is 14.6 Å². The number of benzene rings is 2. The molecule has 25 heavy (non-hydrogen) atoms. The summed E-state index contributed by atoms with van der Waals surface area (Å²) in [5, 5.41) is 11.9. The zero-order chi connectivity index (χ0) is 18.1. The topological polar surface area (TPSA) is 41.9 Å². The fourth-order valence-corrected chi connectivity index (χ4v) is 3.71. The third-order valence-corrected chi connectivity index (χ3v) is 5.40. The van der Waals surface area contributed by atoms with Gasteiger partial charge in [-0.1, -0.05) is 29.3 Å². The Hall–Kier alpha value is -1.46. The molecule has 1 N–H and O–H groups in total. The van der Waals surface area contributed by atoms with Crippen LogP contribution >= 0.6 is 23.2 Å². The van der Waals surface area contributed by atoms with Crippen molar-refractivity contribution >= 4 is 23.2 Å². The van der Waals surface area contributed by atoms with Gasteiger partial charge in [-0.15, -0.1) is 0 Å². The van der Waals surface area contributed by atoms with Crippen LogP contribution in [0.1, 0.15) is 28.7 Å². The molecule has 0 bridgehead atoms. The lowest BCUT2D eigenvalue weighted by Crippen LogP contribution is -2.33. The molecule has 134 valence electrons. The number of likely N-dealkylation sites (N-methyl/N-ethyl adjacent to an activating group) is 1. The minimum absolute atomic E-state index is 0.106. The first-order chi connectivity index (χ1) is 11.9. The van der Waals surface area contributed by atoms with Crippen LogP contribution in [0, 0.1) is 0 Å². The van der Waals surface area contributed by atoms with E-state index in [4.69, 9.17) is 32.7 Å². The predicted molar refractivity (Wildman–Crippen MR) is 100 cm³/mol. The van der Waals surface area contributed by atoms with Gasteiger partial charge < -0.3 is 19.5 Å². The Bertz CT molecular complexity index is 782. The van der Waals surface area contributed by atoms with E-state index in [1.54, 1.807) is 26.4 Å². The Morgan fingerprint density at radius 1 is 1.08 bits per heavy atom. The van der Waals surface area contributed by atoms with Gasteiger partial charge >= 0.3 is 0 Å². The Morgan fingerprint density at radius 3 is 2.40 bits per heavy atom. The van der Waals surface area contributed by atoms with Crippen molar-refractivity contribution in [3.63, 3.8) is 0 Å². The SMILES string of the molecule is COc1cc2c(cc1OC)C(C(O)c1ccc(Cl)c(Cl)c1)CN(C)C2. The molecule has 0 aliphatic carbocycles. The van der Waals surface area contributed by atoms with Crippen LogP contribution in [0.4, 0.5) is 0 Å². The number of ether oxygens (including phenoxy) is 2. The second kappa shape index (κ2) is 7.42. The smallest absolute Gasteiger partial charge is 0.161 e. The molecule has 1 aliphatic rings. The number of methoxy groups -OCH3 is 2. The fourth-order valence-electron chi connectivity index (χ4n) is 3.41. The van der Waals surface area contributed by atoms with Gasteiger partial charge in [0.25, 0.3) is 0 Å². The quantitative estimate of drug-likeness (QED) is 0.858. The van der Waals surface area contributed by atoms with Crippen molar-refractivity contribution in [3.05, 3.63) is 57.1 Å². The zero-order valence-electron chi connectivity index (χ0n) is 14.4. The first-order valence-electron chi connectivity index (χ1n) is 8.01. The molecule has 4 nitrogen and oxygen atoms in total. The second-order valence-corrected chi connectivity index (χ2v) is 7.14. The van der Waals surface area contributed by atoms with Crippen LogP contribution in [0.15, 0.2) is 30.3 Å². The van der Waals surface area contributed by atoms with Crippen LogP contribution in [-0.2, 0) is 6.54 Å². The van der Waals surface area contributed by atoms with Crippen LogP contribution in [0.5, 0.6) is 11.5 Å². The second-order valence-electron chi connectivity index (χ2n) is 6.33. The molecule has 0 saturated carbocycles.